The van der Waals surface area contributed by atoms with Crippen LogP contribution in [0.4, 0.5) is 17.5 Å². The molecule has 1 aliphatic rings. The zero-order valence-electron chi connectivity index (χ0n) is 16.9. The number of nitrogens with one attached hydrogen (secondary N) is 1. The maximum Gasteiger partial charge on any atom is 0.243 e. The summed E-state index contributed by atoms with van der Waals surface area (Å²) in [4.78, 5) is 6.45. The van der Waals surface area contributed by atoms with Gasteiger partial charge in [-0.15, -0.1) is 10.2 Å². The van der Waals surface area contributed by atoms with Crippen molar-refractivity contribution in [2.24, 2.45) is 0 Å². The number of anilines is 3. The molecule has 1 N–H and O–H groups in total. The first kappa shape index (κ1) is 20.7. The van der Waals surface area contributed by atoms with Crippen LogP contribution in [-0.2, 0) is 10.0 Å². The average molecular weight is 436 g/mol. The summed E-state index contributed by atoms with van der Waals surface area (Å²) in [6.07, 6.45) is 1.73. The Morgan fingerprint density at radius 2 is 1.71 bits per heavy atom. The van der Waals surface area contributed by atoms with Gasteiger partial charge in [0.05, 0.1) is 16.5 Å². The van der Waals surface area contributed by atoms with Crippen molar-refractivity contribution in [2.45, 2.75) is 11.8 Å². The third-order valence-electron chi connectivity index (χ3n) is 5.01. The maximum atomic E-state index is 12.9. The molecule has 31 heavy (non-hydrogen) atoms. The van der Waals surface area contributed by atoms with Crippen molar-refractivity contribution in [3.8, 4) is 6.07 Å². The van der Waals surface area contributed by atoms with Gasteiger partial charge in [-0.25, -0.2) is 13.4 Å². The number of aryl methyl sites for hydroxylation is 1. The van der Waals surface area contributed by atoms with Crippen molar-refractivity contribution >= 4 is 27.5 Å². The third kappa shape index (κ3) is 4.63. The number of piperazine rings is 1. The van der Waals surface area contributed by atoms with Crippen LogP contribution in [-0.4, -0.2) is 54.1 Å². The van der Waals surface area contributed by atoms with Gasteiger partial charge in [-0.05, 0) is 61.0 Å². The van der Waals surface area contributed by atoms with Crippen molar-refractivity contribution in [1.29, 1.82) is 5.26 Å². The van der Waals surface area contributed by atoms with Crippen LogP contribution in [0.3, 0.4) is 0 Å². The largest absolute Gasteiger partial charge is 0.352 e. The second-order valence-corrected chi connectivity index (χ2v) is 9.09. The topological polar surface area (TPSA) is 115 Å². The summed E-state index contributed by atoms with van der Waals surface area (Å²) in [5, 5.41) is 20.5. The summed E-state index contributed by atoms with van der Waals surface area (Å²) in [5.74, 6) is 1.98. The molecule has 0 spiro atoms. The minimum Gasteiger partial charge on any atom is -0.352 e. The quantitative estimate of drug-likeness (QED) is 0.649. The Bertz CT molecular complexity index is 1200. The van der Waals surface area contributed by atoms with Gasteiger partial charge in [-0.3, -0.25) is 0 Å². The highest BCUT2D eigenvalue weighted by molar-refractivity contribution is 7.89. The van der Waals surface area contributed by atoms with Crippen LogP contribution >= 0.6 is 0 Å². The molecule has 4 rings (SSSR count). The Morgan fingerprint density at radius 1 is 0.968 bits per heavy atom. The van der Waals surface area contributed by atoms with Gasteiger partial charge in [0.1, 0.15) is 5.82 Å². The highest BCUT2D eigenvalue weighted by Crippen LogP contribution is 2.21. The molecule has 158 valence electrons. The lowest BCUT2D eigenvalue weighted by molar-refractivity contribution is 0.383. The first-order valence-corrected chi connectivity index (χ1v) is 11.2. The average Bonchev–Trinajstić information content (AvgIpc) is 2.80. The molecule has 0 radical (unpaired) electrons. The number of hydrogen-bond donors (Lipinski definition) is 1. The van der Waals surface area contributed by atoms with Crippen molar-refractivity contribution in [1.82, 2.24) is 19.5 Å². The fourth-order valence-corrected chi connectivity index (χ4v) is 4.73. The van der Waals surface area contributed by atoms with Crippen LogP contribution in [0.5, 0.6) is 0 Å². The van der Waals surface area contributed by atoms with Crippen LogP contribution in [0, 0.1) is 18.3 Å². The molecule has 1 aromatic carbocycles. The van der Waals surface area contributed by atoms with Crippen LogP contribution in [0.2, 0.25) is 0 Å². The molecule has 0 aliphatic carbocycles. The van der Waals surface area contributed by atoms with E-state index in [9.17, 15) is 8.42 Å². The van der Waals surface area contributed by atoms with Crippen molar-refractivity contribution in [3.63, 3.8) is 0 Å². The minimum atomic E-state index is -3.59. The zero-order chi connectivity index (χ0) is 21.8. The van der Waals surface area contributed by atoms with E-state index in [4.69, 9.17) is 5.26 Å². The molecule has 0 unspecified atom stereocenters. The van der Waals surface area contributed by atoms with E-state index in [0.29, 0.717) is 49.2 Å². The van der Waals surface area contributed by atoms with Gasteiger partial charge in [-0.1, -0.05) is 0 Å². The molecular formula is C21H21N7O2S. The fourth-order valence-electron chi connectivity index (χ4n) is 3.30. The van der Waals surface area contributed by atoms with Crippen LogP contribution < -0.4 is 10.2 Å². The number of nitriles is 1. The van der Waals surface area contributed by atoms with Gasteiger partial charge < -0.3 is 10.2 Å². The molecule has 0 atom stereocenters. The van der Waals surface area contributed by atoms with Gasteiger partial charge in [0.15, 0.2) is 11.6 Å². The van der Waals surface area contributed by atoms with E-state index >= 15 is 0 Å². The summed E-state index contributed by atoms with van der Waals surface area (Å²) in [5.41, 5.74) is 1.52. The number of aromatic nitrogens is 3. The lowest BCUT2D eigenvalue weighted by atomic mass is 10.2. The van der Waals surface area contributed by atoms with Crippen LogP contribution in [0.1, 0.15) is 11.1 Å². The molecule has 0 saturated carbocycles. The van der Waals surface area contributed by atoms with E-state index in [1.54, 1.807) is 6.20 Å². The molecule has 2 aromatic heterocycles. The molecule has 0 amide bonds. The molecule has 0 bridgehead atoms. The standard InChI is InChI=1S/C21H21N7O2S/c1-16-8-9-23-20(14-16)24-19-6-7-21(26-25-19)27-10-12-28(13-11-27)31(29,30)18-4-2-17(15-22)3-5-18/h2-9,14H,10-13H2,1H3,(H,23,24,25). The molecular weight excluding hydrogens is 414 g/mol. The fraction of sp³-hybridized carbons (Fsp3) is 0.238. The molecule has 1 aliphatic heterocycles. The van der Waals surface area contributed by atoms with Crippen LogP contribution in [0.15, 0.2) is 59.6 Å². The van der Waals surface area contributed by atoms with Crippen LogP contribution in [0.25, 0.3) is 0 Å². The number of rotatable bonds is 5. The van der Waals surface area contributed by atoms with E-state index in [1.165, 1.54) is 28.6 Å². The molecule has 3 heterocycles. The van der Waals surface area contributed by atoms with E-state index in [1.807, 2.05) is 42.2 Å². The highest BCUT2D eigenvalue weighted by atomic mass is 32.2. The summed E-state index contributed by atoms with van der Waals surface area (Å²) >= 11 is 0. The minimum absolute atomic E-state index is 0.194. The van der Waals surface area contributed by atoms with Gasteiger partial charge in [0.25, 0.3) is 0 Å². The number of benzene rings is 1. The predicted octanol–water partition coefficient (Wildman–Crippen LogP) is 2.31. The van der Waals surface area contributed by atoms with Crippen molar-refractivity contribution in [2.75, 3.05) is 36.4 Å². The summed E-state index contributed by atoms with van der Waals surface area (Å²) in [6.45, 7) is 3.70. The molecule has 10 heteroatoms. The van der Waals surface area contributed by atoms with E-state index in [-0.39, 0.29) is 4.90 Å². The monoisotopic (exact) mass is 435 g/mol. The Hall–Kier alpha value is -3.55. The Morgan fingerprint density at radius 3 is 2.32 bits per heavy atom. The SMILES string of the molecule is Cc1ccnc(Nc2ccc(N3CCN(S(=O)(=O)c4ccc(C#N)cc4)CC3)nn2)c1. The maximum absolute atomic E-state index is 12.9. The lowest BCUT2D eigenvalue weighted by Crippen LogP contribution is -2.49. The number of pyridine rings is 1. The molecule has 1 saturated heterocycles. The van der Waals surface area contributed by atoms with Gasteiger partial charge in [0.2, 0.25) is 10.0 Å². The van der Waals surface area contributed by atoms with Gasteiger partial charge in [0, 0.05) is 32.4 Å². The molecule has 3 aromatic rings. The Balaban J connectivity index is 1.38. The van der Waals surface area contributed by atoms with Gasteiger partial charge in [-0.2, -0.15) is 9.57 Å². The lowest BCUT2D eigenvalue weighted by Gasteiger charge is -2.34. The van der Waals surface area contributed by atoms with E-state index in [0.717, 1.165) is 5.56 Å². The van der Waals surface area contributed by atoms with Crippen molar-refractivity contribution in [3.05, 3.63) is 65.9 Å². The summed E-state index contributed by atoms with van der Waals surface area (Å²) < 4.78 is 27.2. The van der Waals surface area contributed by atoms with E-state index in [2.05, 4.69) is 20.5 Å². The second kappa shape index (κ2) is 8.67. The van der Waals surface area contributed by atoms with Crippen molar-refractivity contribution < 1.29 is 8.42 Å². The summed E-state index contributed by atoms with van der Waals surface area (Å²) in [7, 11) is -3.59. The number of nitrogens with zero attached hydrogens (tertiary/aromatic N) is 6. The normalized spacial score (nSPS) is 14.8. The Labute approximate surface area is 181 Å². The second-order valence-electron chi connectivity index (χ2n) is 7.15. The number of sulfonamides is 1. The molecule has 9 nitrogen and oxygen atoms in total. The first-order valence-electron chi connectivity index (χ1n) is 9.74. The zero-order valence-corrected chi connectivity index (χ0v) is 17.7. The third-order valence-corrected chi connectivity index (χ3v) is 6.92. The molecule has 1 fully saturated rings. The number of hydrogen-bond acceptors (Lipinski definition) is 8. The first-order chi connectivity index (χ1) is 15.0. The highest BCUT2D eigenvalue weighted by Gasteiger charge is 2.29. The predicted molar refractivity (Wildman–Crippen MR) is 116 cm³/mol. The summed E-state index contributed by atoms with van der Waals surface area (Å²) in [6, 6.07) is 15.5. The smallest absolute Gasteiger partial charge is 0.243 e. The van der Waals surface area contributed by atoms with Gasteiger partial charge >= 0.3 is 0 Å². The Kier molecular flexibility index (Phi) is 5.79. The van der Waals surface area contributed by atoms with E-state index < -0.39 is 10.0 Å².